The van der Waals surface area contributed by atoms with Gasteiger partial charge in [0.05, 0.1) is 11.1 Å². The summed E-state index contributed by atoms with van der Waals surface area (Å²) >= 11 is 5.80. The highest BCUT2D eigenvalue weighted by atomic mass is 35.5. The molecule has 0 saturated carbocycles. The van der Waals surface area contributed by atoms with Crippen LogP contribution in [0.3, 0.4) is 0 Å². The Labute approximate surface area is 101 Å². The number of pyridine rings is 1. The molecule has 0 bridgehead atoms. The Morgan fingerprint density at radius 2 is 2.19 bits per heavy atom. The van der Waals surface area contributed by atoms with Crippen molar-refractivity contribution in [3.63, 3.8) is 0 Å². The van der Waals surface area contributed by atoms with Crippen molar-refractivity contribution >= 4 is 17.4 Å². The number of anilines is 1. The van der Waals surface area contributed by atoms with E-state index in [1.807, 2.05) is 0 Å². The Morgan fingerprint density at radius 3 is 2.81 bits per heavy atom. The molecule has 0 aliphatic heterocycles. The van der Waals surface area contributed by atoms with Gasteiger partial charge in [0.25, 0.3) is 0 Å². The molecule has 0 saturated heterocycles. The number of aliphatic hydroxyl groups excluding tert-OH is 1. The number of hydrogen-bond donors (Lipinski definition) is 3. The molecule has 0 aromatic carbocycles. The molecule has 90 valence electrons. The molecule has 0 aliphatic carbocycles. The summed E-state index contributed by atoms with van der Waals surface area (Å²) in [7, 11) is 0. The summed E-state index contributed by atoms with van der Waals surface area (Å²) in [6.07, 6.45) is 0.791. The summed E-state index contributed by atoms with van der Waals surface area (Å²) in [6.45, 7) is 5.51. The number of hydrogen-bond acceptors (Lipinski definition) is 4. The van der Waals surface area contributed by atoms with Crippen LogP contribution in [-0.2, 0) is 0 Å². The maximum absolute atomic E-state index is 9.90. The zero-order chi connectivity index (χ0) is 12.1. The molecule has 5 heteroatoms. The van der Waals surface area contributed by atoms with Crippen molar-refractivity contribution < 1.29 is 5.11 Å². The summed E-state index contributed by atoms with van der Waals surface area (Å²) in [5.41, 5.74) is 6.24. The maximum Gasteiger partial charge on any atom is 0.129 e. The van der Waals surface area contributed by atoms with Crippen LogP contribution >= 0.6 is 11.6 Å². The Kier molecular flexibility index (Phi) is 4.99. The van der Waals surface area contributed by atoms with Crippen molar-refractivity contribution in [2.24, 2.45) is 5.92 Å². The molecule has 0 fully saturated rings. The van der Waals surface area contributed by atoms with Crippen LogP contribution in [0.15, 0.2) is 12.3 Å². The molecule has 0 amide bonds. The lowest BCUT2D eigenvalue weighted by atomic mass is 10.1. The molecule has 0 aliphatic rings. The molecule has 4 N–H and O–H groups in total. The van der Waals surface area contributed by atoms with Crippen LogP contribution in [-0.4, -0.2) is 23.2 Å². The van der Waals surface area contributed by atoms with Crippen LogP contribution in [0.2, 0.25) is 5.02 Å². The van der Waals surface area contributed by atoms with E-state index in [2.05, 4.69) is 24.1 Å². The van der Waals surface area contributed by atoms with Crippen molar-refractivity contribution in [2.45, 2.75) is 20.0 Å². The minimum absolute atomic E-state index is 0.322. The topological polar surface area (TPSA) is 71.2 Å². The highest BCUT2D eigenvalue weighted by Crippen LogP contribution is 2.21. The minimum Gasteiger partial charge on any atom is -0.387 e. The first kappa shape index (κ1) is 13.2. The number of nitrogens with one attached hydrogen (secondary N) is 1. The summed E-state index contributed by atoms with van der Waals surface area (Å²) < 4.78 is 0. The second kappa shape index (κ2) is 6.03. The van der Waals surface area contributed by atoms with E-state index in [9.17, 15) is 5.11 Å². The van der Waals surface area contributed by atoms with E-state index in [1.54, 1.807) is 6.07 Å². The van der Waals surface area contributed by atoms with E-state index >= 15 is 0 Å². The highest BCUT2D eigenvalue weighted by molar-refractivity contribution is 6.30. The quantitative estimate of drug-likeness (QED) is 0.735. The molecule has 4 nitrogen and oxygen atoms in total. The second-order valence-electron chi connectivity index (χ2n) is 4.20. The van der Waals surface area contributed by atoms with Gasteiger partial charge in [0.15, 0.2) is 0 Å². The van der Waals surface area contributed by atoms with Crippen LogP contribution in [0.25, 0.3) is 0 Å². The van der Waals surface area contributed by atoms with E-state index in [0.717, 1.165) is 6.54 Å². The molecule has 1 aromatic rings. The standard InChI is InChI=1S/C11H18ClN3O/c1-7(2)4-14-6-10(16)9-3-8(12)5-15-11(9)13/h3,5,7,10,14,16H,4,6H2,1-2H3,(H2,13,15). The zero-order valence-corrected chi connectivity index (χ0v) is 10.3. The van der Waals surface area contributed by atoms with Crippen molar-refractivity contribution in [2.75, 3.05) is 18.8 Å². The summed E-state index contributed by atoms with van der Waals surface area (Å²) in [5.74, 6) is 0.866. The molecule has 1 rings (SSSR count). The number of nitrogens with zero attached hydrogens (tertiary/aromatic N) is 1. The number of aliphatic hydroxyl groups is 1. The molecular formula is C11H18ClN3O. The van der Waals surface area contributed by atoms with Gasteiger partial charge in [-0.15, -0.1) is 0 Å². The van der Waals surface area contributed by atoms with E-state index in [4.69, 9.17) is 17.3 Å². The third-order valence-corrected chi connectivity index (χ3v) is 2.37. The fourth-order valence-corrected chi connectivity index (χ4v) is 1.52. The summed E-state index contributed by atoms with van der Waals surface area (Å²) in [5, 5.41) is 13.5. The third-order valence-electron chi connectivity index (χ3n) is 2.17. The van der Waals surface area contributed by atoms with Gasteiger partial charge in [-0.1, -0.05) is 25.4 Å². The first-order chi connectivity index (χ1) is 7.50. The average Bonchev–Trinajstić information content (AvgIpc) is 2.21. The second-order valence-corrected chi connectivity index (χ2v) is 4.63. The van der Waals surface area contributed by atoms with Gasteiger partial charge in [0, 0.05) is 18.3 Å². The average molecular weight is 244 g/mol. The first-order valence-corrected chi connectivity index (χ1v) is 5.68. The predicted molar refractivity (Wildman–Crippen MR) is 66.3 cm³/mol. The van der Waals surface area contributed by atoms with Crippen molar-refractivity contribution in [1.82, 2.24) is 10.3 Å². The molecule has 1 aromatic heterocycles. The minimum atomic E-state index is -0.676. The molecule has 0 radical (unpaired) electrons. The summed E-state index contributed by atoms with van der Waals surface area (Å²) in [6, 6.07) is 1.64. The number of aromatic nitrogens is 1. The third kappa shape index (κ3) is 3.96. The van der Waals surface area contributed by atoms with E-state index in [0.29, 0.717) is 28.9 Å². The number of nitrogen functional groups attached to an aromatic ring is 1. The monoisotopic (exact) mass is 243 g/mol. The maximum atomic E-state index is 9.90. The van der Waals surface area contributed by atoms with Gasteiger partial charge in [-0.3, -0.25) is 0 Å². The van der Waals surface area contributed by atoms with Crippen molar-refractivity contribution in [3.8, 4) is 0 Å². The Balaban J connectivity index is 2.58. The fourth-order valence-electron chi connectivity index (χ4n) is 1.35. The largest absolute Gasteiger partial charge is 0.387 e. The Hall–Kier alpha value is -0.840. The van der Waals surface area contributed by atoms with Crippen LogP contribution in [0, 0.1) is 5.92 Å². The van der Waals surface area contributed by atoms with Gasteiger partial charge in [0.1, 0.15) is 5.82 Å². The van der Waals surface area contributed by atoms with Gasteiger partial charge in [-0.25, -0.2) is 4.98 Å². The van der Waals surface area contributed by atoms with Gasteiger partial charge >= 0.3 is 0 Å². The van der Waals surface area contributed by atoms with E-state index in [-0.39, 0.29) is 0 Å². The number of nitrogens with two attached hydrogens (primary N) is 1. The zero-order valence-electron chi connectivity index (χ0n) is 9.57. The van der Waals surface area contributed by atoms with Crippen LogP contribution < -0.4 is 11.1 Å². The molecule has 1 heterocycles. The number of halogens is 1. The molecule has 16 heavy (non-hydrogen) atoms. The lowest BCUT2D eigenvalue weighted by molar-refractivity contribution is 0.174. The van der Waals surface area contributed by atoms with Crippen LogP contribution in [0.5, 0.6) is 0 Å². The smallest absolute Gasteiger partial charge is 0.129 e. The molecule has 0 spiro atoms. The van der Waals surface area contributed by atoms with E-state index in [1.165, 1.54) is 6.20 Å². The number of rotatable bonds is 5. The van der Waals surface area contributed by atoms with Gasteiger partial charge < -0.3 is 16.2 Å². The van der Waals surface area contributed by atoms with Gasteiger partial charge in [-0.05, 0) is 18.5 Å². The lowest BCUT2D eigenvalue weighted by Crippen LogP contribution is -2.25. The summed E-state index contributed by atoms with van der Waals surface area (Å²) in [4.78, 5) is 3.90. The van der Waals surface area contributed by atoms with E-state index < -0.39 is 6.10 Å². The van der Waals surface area contributed by atoms with Crippen molar-refractivity contribution in [3.05, 3.63) is 22.8 Å². The van der Waals surface area contributed by atoms with Crippen LogP contribution in [0.1, 0.15) is 25.5 Å². The lowest BCUT2D eigenvalue weighted by Gasteiger charge is -2.14. The SMILES string of the molecule is CC(C)CNCC(O)c1cc(Cl)cnc1N. The van der Waals surface area contributed by atoms with Gasteiger partial charge in [-0.2, -0.15) is 0 Å². The Bertz CT molecular complexity index is 344. The normalized spacial score (nSPS) is 13.1. The fraction of sp³-hybridized carbons (Fsp3) is 0.545. The predicted octanol–water partition coefficient (Wildman–Crippen LogP) is 1.60. The molecular weight excluding hydrogens is 226 g/mol. The van der Waals surface area contributed by atoms with Crippen molar-refractivity contribution in [1.29, 1.82) is 0 Å². The molecule has 1 atom stereocenters. The van der Waals surface area contributed by atoms with Crippen LogP contribution in [0.4, 0.5) is 5.82 Å². The Morgan fingerprint density at radius 1 is 1.50 bits per heavy atom. The van der Waals surface area contributed by atoms with Gasteiger partial charge in [0.2, 0.25) is 0 Å². The first-order valence-electron chi connectivity index (χ1n) is 5.30. The highest BCUT2D eigenvalue weighted by Gasteiger charge is 2.12. The molecule has 1 unspecified atom stereocenters.